The van der Waals surface area contributed by atoms with E-state index in [0.717, 1.165) is 11.4 Å². The minimum Gasteiger partial charge on any atom is -0.447 e. The lowest BCUT2D eigenvalue weighted by Gasteiger charge is -2.09. The van der Waals surface area contributed by atoms with Gasteiger partial charge in [0.1, 0.15) is 6.61 Å². The molecule has 2 heterocycles. The zero-order chi connectivity index (χ0) is 20.8. The largest absolute Gasteiger partial charge is 0.447 e. The van der Waals surface area contributed by atoms with E-state index >= 15 is 0 Å². The number of fused-ring (bicyclic) bond motifs is 1. The lowest BCUT2D eigenvalue weighted by molar-refractivity contribution is -0.115. The summed E-state index contributed by atoms with van der Waals surface area (Å²) in [4.78, 5) is 32.7. The van der Waals surface area contributed by atoms with E-state index in [-0.39, 0.29) is 18.9 Å². The molecule has 0 spiro atoms. The van der Waals surface area contributed by atoms with Gasteiger partial charge in [0, 0.05) is 29.9 Å². The van der Waals surface area contributed by atoms with Crippen molar-refractivity contribution in [3.63, 3.8) is 0 Å². The van der Waals surface area contributed by atoms with Crippen LogP contribution in [0.4, 0.5) is 16.2 Å². The number of aryl methyl sites for hydroxylation is 2. The van der Waals surface area contributed by atoms with E-state index < -0.39 is 6.09 Å². The molecule has 0 unspecified atom stereocenters. The Morgan fingerprint density at radius 3 is 2.59 bits per heavy atom. The first-order chi connectivity index (χ1) is 13.9. The van der Waals surface area contributed by atoms with Crippen molar-refractivity contribution in [2.75, 3.05) is 31.0 Å². The van der Waals surface area contributed by atoms with Crippen molar-refractivity contribution in [1.29, 1.82) is 0 Å². The van der Waals surface area contributed by atoms with Crippen LogP contribution in [0.25, 0.3) is 5.78 Å². The highest BCUT2D eigenvalue weighted by molar-refractivity contribution is 5.93. The number of carbonyl (C=O) groups is 2. The number of methoxy groups -OCH3 is 1. The van der Waals surface area contributed by atoms with Gasteiger partial charge in [-0.2, -0.15) is 4.98 Å². The zero-order valence-corrected chi connectivity index (χ0v) is 16.4. The van der Waals surface area contributed by atoms with Crippen LogP contribution in [0.2, 0.25) is 0 Å². The highest BCUT2D eigenvalue weighted by Gasteiger charge is 2.12. The van der Waals surface area contributed by atoms with Gasteiger partial charge in [-0.05, 0) is 38.1 Å². The minimum atomic E-state index is -0.599. The first kappa shape index (κ1) is 20.2. The summed E-state index contributed by atoms with van der Waals surface area (Å²) in [6.45, 7) is 4.25. The predicted octanol–water partition coefficient (Wildman–Crippen LogP) is 2.12. The van der Waals surface area contributed by atoms with Gasteiger partial charge < -0.3 is 14.8 Å². The van der Waals surface area contributed by atoms with Crippen LogP contribution in [0.1, 0.15) is 17.2 Å². The zero-order valence-electron chi connectivity index (χ0n) is 16.4. The third kappa shape index (κ3) is 5.48. The Labute approximate surface area is 167 Å². The second-order valence-electron chi connectivity index (χ2n) is 6.34. The standard InChI is InChI=1S/C19H22N6O4/c1-12-9-13(2)25-18(20-12)23-16(24-25)11-17(26)21-14-5-4-6-15(10-14)22-19(27)29-8-7-28-3/h4-6,9-10H,7-8,11H2,1-3H3,(H,21,26)(H,22,27). The van der Waals surface area contributed by atoms with E-state index in [9.17, 15) is 9.59 Å². The summed E-state index contributed by atoms with van der Waals surface area (Å²) < 4.78 is 11.4. The average molecular weight is 398 g/mol. The molecule has 3 rings (SSSR count). The van der Waals surface area contributed by atoms with Crippen molar-refractivity contribution in [2.45, 2.75) is 20.3 Å². The maximum Gasteiger partial charge on any atom is 0.411 e. The summed E-state index contributed by atoms with van der Waals surface area (Å²) in [6.07, 6.45) is -0.601. The number of benzene rings is 1. The Hall–Kier alpha value is -3.53. The molecule has 0 radical (unpaired) electrons. The van der Waals surface area contributed by atoms with E-state index in [1.54, 1.807) is 28.8 Å². The van der Waals surface area contributed by atoms with Crippen LogP contribution in [-0.2, 0) is 20.7 Å². The molecule has 3 aromatic rings. The van der Waals surface area contributed by atoms with Gasteiger partial charge in [0.2, 0.25) is 5.91 Å². The molecule has 0 bridgehead atoms. The van der Waals surface area contributed by atoms with Gasteiger partial charge in [0.25, 0.3) is 5.78 Å². The Bertz CT molecular complexity index is 1030. The first-order valence-electron chi connectivity index (χ1n) is 8.97. The normalized spacial score (nSPS) is 10.7. The molecule has 2 aromatic heterocycles. The number of nitrogens with one attached hydrogen (secondary N) is 2. The molecule has 0 aliphatic carbocycles. The number of anilines is 2. The Kier molecular flexibility index (Phi) is 6.35. The summed E-state index contributed by atoms with van der Waals surface area (Å²) in [5, 5.41) is 9.68. The Morgan fingerprint density at radius 2 is 1.83 bits per heavy atom. The molecule has 2 N–H and O–H groups in total. The smallest absolute Gasteiger partial charge is 0.411 e. The molecule has 0 aliphatic heterocycles. The summed E-state index contributed by atoms with van der Waals surface area (Å²) in [5.41, 5.74) is 2.75. The van der Waals surface area contributed by atoms with Crippen LogP contribution >= 0.6 is 0 Å². The van der Waals surface area contributed by atoms with Crippen molar-refractivity contribution in [3.05, 3.63) is 47.5 Å². The molecular weight excluding hydrogens is 376 g/mol. The topological polar surface area (TPSA) is 120 Å². The molecule has 0 aliphatic rings. The molecule has 0 fully saturated rings. The van der Waals surface area contributed by atoms with Crippen LogP contribution < -0.4 is 10.6 Å². The van der Waals surface area contributed by atoms with E-state index in [1.165, 1.54) is 7.11 Å². The molecule has 152 valence electrons. The average Bonchev–Trinajstić information content (AvgIpc) is 3.04. The number of amides is 2. The molecule has 10 heteroatoms. The van der Waals surface area contributed by atoms with Crippen LogP contribution in [-0.4, -0.2) is 51.9 Å². The fraction of sp³-hybridized carbons (Fsp3) is 0.316. The molecule has 29 heavy (non-hydrogen) atoms. The highest BCUT2D eigenvalue weighted by Crippen LogP contribution is 2.16. The summed E-state index contributed by atoms with van der Waals surface area (Å²) in [5.74, 6) is 0.554. The van der Waals surface area contributed by atoms with E-state index in [0.29, 0.717) is 29.6 Å². The lowest BCUT2D eigenvalue weighted by Crippen LogP contribution is -2.17. The van der Waals surface area contributed by atoms with Gasteiger partial charge >= 0.3 is 6.09 Å². The number of ether oxygens (including phenoxy) is 2. The molecule has 0 saturated carbocycles. The molecule has 1 aromatic carbocycles. The summed E-state index contributed by atoms with van der Waals surface area (Å²) in [7, 11) is 1.52. The van der Waals surface area contributed by atoms with Crippen LogP contribution in [0.3, 0.4) is 0 Å². The van der Waals surface area contributed by atoms with Crippen LogP contribution in [0.5, 0.6) is 0 Å². The van der Waals surface area contributed by atoms with Gasteiger partial charge in [-0.25, -0.2) is 14.3 Å². The van der Waals surface area contributed by atoms with Gasteiger partial charge in [0.15, 0.2) is 5.82 Å². The highest BCUT2D eigenvalue weighted by atomic mass is 16.6. The second-order valence-corrected chi connectivity index (χ2v) is 6.34. The van der Waals surface area contributed by atoms with Gasteiger partial charge in [-0.1, -0.05) is 6.07 Å². The minimum absolute atomic E-state index is 0.00143. The molecular formula is C19H22N6O4. The van der Waals surface area contributed by atoms with Crippen molar-refractivity contribution >= 4 is 29.2 Å². The maximum atomic E-state index is 12.4. The Morgan fingerprint density at radius 1 is 1.07 bits per heavy atom. The van der Waals surface area contributed by atoms with Crippen molar-refractivity contribution < 1.29 is 19.1 Å². The lowest BCUT2D eigenvalue weighted by atomic mass is 10.2. The number of carbonyl (C=O) groups excluding carboxylic acids is 2. The molecule has 10 nitrogen and oxygen atoms in total. The third-order valence-electron chi connectivity index (χ3n) is 3.89. The number of aromatic nitrogens is 4. The predicted molar refractivity (Wildman–Crippen MR) is 106 cm³/mol. The quantitative estimate of drug-likeness (QED) is 0.585. The third-order valence-corrected chi connectivity index (χ3v) is 3.89. The van der Waals surface area contributed by atoms with Crippen molar-refractivity contribution in [1.82, 2.24) is 19.6 Å². The fourth-order valence-corrected chi connectivity index (χ4v) is 2.68. The van der Waals surface area contributed by atoms with E-state index in [1.807, 2.05) is 19.9 Å². The number of rotatable bonds is 7. The molecule has 0 saturated heterocycles. The van der Waals surface area contributed by atoms with Crippen LogP contribution in [0, 0.1) is 13.8 Å². The van der Waals surface area contributed by atoms with Gasteiger partial charge in [-0.3, -0.25) is 10.1 Å². The summed E-state index contributed by atoms with van der Waals surface area (Å²) in [6, 6.07) is 8.63. The number of hydrogen-bond acceptors (Lipinski definition) is 7. The molecule has 0 atom stereocenters. The van der Waals surface area contributed by atoms with Crippen molar-refractivity contribution in [2.24, 2.45) is 0 Å². The van der Waals surface area contributed by atoms with Crippen molar-refractivity contribution in [3.8, 4) is 0 Å². The van der Waals surface area contributed by atoms with Gasteiger partial charge in [-0.15, -0.1) is 5.10 Å². The van der Waals surface area contributed by atoms with E-state index in [4.69, 9.17) is 9.47 Å². The van der Waals surface area contributed by atoms with E-state index in [2.05, 4.69) is 25.7 Å². The number of hydrogen-bond donors (Lipinski definition) is 2. The molecule has 2 amide bonds. The Balaban J connectivity index is 1.61. The SMILES string of the molecule is COCCOC(=O)Nc1cccc(NC(=O)Cc2nc3nc(C)cc(C)n3n2)c1. The number of nitrogens with zero attached hydrogens (tertiary/aromatic N) is 4. The first-order valence-corrected chi connectivity index (χ1v) is 8.97. The maximum absolute atomic E-state index is 12.4. The fourth-order valence-electron chi connectivity index (χ4n) is 2.68. The van der Waals surface area contributed by atoms with Crippen LogP contribution in [0.15, 0.2) is 30.3 Å². The van der Waals surface area contributed by atoms with Gasteiger partial charge in [0.05, 0.1) is 13.0 Å². The summed E-state index contributed by atoms with van der Waals surface area (Å²) >= 11 is 0. The second kappa shape index (κ2) is 9.11. The monoisotopic (exact) mass is 398 g/mol.